The van der Waals surface area contributed by atoms with Crippen LogP contribution in [0.5, 0.6) is 0 Å². The number of hydrazine groups is 1. The van der Waals surface area contributed by atoms with Gasteiger partial charge in [-0.3, -0.25) is 0 Å². The predicted octanol–water partition coefficient (Wildman–Crippen LogP) is 0.656. The molecule has 0 spiro atoms. The Morgan fingerprint density at radius 3 is 2.81 bits per heavy atom. The molecule has 0 saturated heterocycles. The molecule has 0 bridgehead atoms. The molecule has 0 aromatic carbocycles. The number of hydrogen-bond donors (Lipinski definition) is 3. The number of nitrogens with one attached hydrogen (secondary N) is 1. The van der Waals surface area contributed by atoms with E-state index in [1.165, 1.54) is 23.1 Å². The number of nitrogens with zero attached hydrogens (tertiary/aromatic N) is 4. The number of nitrogens with two attached hydrogens (primary N) is 2. The number of anilines is 2. The molecule has 16 heavy (non-hydrogen) atoms. The minimum absolute atomic E-state index is 0.166. The van der Waals surface area contributed by atoms with Gasteiger partial charge in [-0.15, -0.1) is 10.2 Å². The lowest BCUT2D eigenvalue weighted by molar-refractivity contribution is 0.978. The van der Waals surface area contributed by atoms with Crippen LogP contribution in [0, 0.1) is 6.92 Å². The zero-order valence-corrected chi connectivity index (χ0v) is 9.97. The fraction of sp³-hybridized carbons (Fsp3) is 0.143. The standard InChI is InChI=1S/C7H9N7S2/c1-3-13-14-7(15-3)16-5-2-4(12-9)10-6(8)11-5/h2H,9H2,1H3,(H3,8,10,11,12). The first kappa shape index (κ1) is 11.0. The number of hydrogen-bond acceptors (Lipinski definition) is 9. The first-order chi connectivity index (χ1) is 7.67. The largest absolute Gasteiger partial charge is 0.368 e. The maximum Gasteiger partial charge on any atom is 0.223 e. The summed E-state index contributed by atoms with van der Waals surface area (Å²) >= 11 is 2.86. The van der Waals surface area contributed by atoms with Crippen molar-refractivity contribution in [2.45, 2.75) is 16.3 Å². The van der Waals surface area contributed by atoms with Gasteiger partial charge in [-0.1, -0.05) is 11.3 Å². The second-order valence-corrected chi connectivity index (χ2v) is 5.23. The van der Waals surface area contributed by atoms with E-state index in [0.29, 0.717) is 10.8 Å². The molecular weight excluding hydrogens is 246 g/mol. The average molecular weight is 255 g/mol. The Labute approximate surface area is 99.7 Å². The van der Waals surface area contributed by atoms with Crippen LogP contribution in [0.1, 0.15) is 5.01 Å². The van der Waals surface area contributed by atoms with Crippen molar-refractivity contribution in [2.24, 2.45) is 5.84 Å². The van der Waals surface area contributed by atoms with E-state index in [4.69, 9.17) is 11.6 Å². The smallest absolute Gasteiger partial charge is 0.223 e. The van der Waals surface area contributed by atoms with Gasteiger partial charge < -0.3 is 11.2 Å². The monoisotopic (exact) mass is 255 g/mol. The molecule has 0 radical (unpaired) electrons. The zero-order valence-electron chi connectivity index (χ0n) is 8.34. The summed E-state index contributed by atoms with van der Waals surface area (Å²) in [5.74, 6) is 5.89. The second kappa shape index (κ2) is 4.60. The van der Waals surface area contributed by atoms with Crippen molar-refractivity contribution in [1.82, 2.24) is 20.2 Å². The normalized spacial score (nSPS) is 10.4. The first-order valence-corrected chi connectivity index (χ1v) is 5.90. The van der Waals surface area contributed by atoms with E-state index in [1.807, 2.05) is 6.92 Å². The summed E-state index contributed by atoms with van der Waals surface area (Å²) in [5, 5.41) is 9.47. The first-order valence-electron chi connectivity index (χ1n) is 4.26. The van der Waals surface area contributed by atoms with Crippen LogP contribution in [-0.4, -0.2) is 20.2 Å². The molecule has 0 aliphatic heterocycles. The topological polar surface area (TPSA) is 116 Å². The van der Waals surface area contributed by atoms with Gasteiger partial charge in [0.1, 0.15) is 15.9 Å². The van der Waals surface area contributed by atoms with Crippen LogP contribution >= 0.6 is 23.1 Å². The molecule has 0 atom stereocenters. The lowest BCUT2D eigenvalue weighted by Gasteiger charge is -2.02. The van der Waals surface area contributed by atoms with Gasteiger partial charge in [-0.2, -0.15) is 4.98 Å². The third kappa shape index (κ3) is 2.56. The van der Waals surface area contributed by atoms with Crippen LogP contribution in [-0.2, 0) is 0 Å². The molecule has 0 fully saturated rings. The SMILES string of the molecule is Cc1nnc(Sc2cc(NN)nc(N)n2)s1. The van der Waals surface area contributed by atoms with Crippen molar-refractivity contribution >= 4 is 34.9 Å². The number of aromatic nitrogens is 4. The van der Waals surface area contributed by atoms with E-state index in [9.17, 15) is 0 Å². The third-order valence-electron chi connectivity index (χ3n) is 1.57. The molecule has 2 heterocycles. The van der Waals surface area contributed by atoms with Gasteiger partial charge >= 0.3 is 0 Å². The van der Waals surface area contributed by atoms with Gasteiger partial charge in [0.15, 0.2) is 4.34 Å². The lowest BCUT2D eigenvalue weighted by atomic mass is 10.6. The van der Waals surface area contributed by atoms with Gasteiger partial charge in [0.05, 0.1) is 0 Å². The van der Waals surface area contributed by atoms with Crippen LogP contribution in [0.4, 0.5) is 11.8 Å². The Balaban J connectivity index is 2.24. The maximum absolute atomic E-state index is 5.53. The molecule has 0 aliphatic rings. The summed E-state index contributed by atoms with van der Waals surface area (Å²) in [7, 11) is 0. The minimum Gasteiger partial charge on any atom is -0.368 e. The van der Waals surface area contributed by atoms with E-state index in [2.05, 4.69) is 25.6 Å². The quantitative estimate of drug-likeness (QED) is 0.416. The third-order valence-corrected chi connectivity index (χ3v) is 3.38. The molecule has 0 amide bonds. The number of rotatable bonds is 3. The zero-order chi connectivity index (χ0) is 11.5. The van der Waals surface area contributed by atoms with Crippen molar-refractivity contribution in [3.63, 3.8) is 0 Å². The highest BCUT2D eigenvalue weighted by Crippen LogP contribution is 2.29. The molecule has 9 heteroatoms. The van der Waals surface area contributed by atoms with Gasteiger partial charge in [-0.05, 0) is 18.7 Å². The lowest BCUT2D eigenvalue weighted by Crippen LogP contribution is -2.10. The number of aryl methyl sites for hydroxylation is 1. The van der Waals surface area contributed by atoms with Crippen molar-refractivity contribution in [3.05, 3.63) is 11.1 Å². The van der Waals surface area contributed by atoms with Crippen LogP contribution in [0.3, 0.4) is 0 Å². The maximum atomic E-state index is 5.53. The van der Waals surface area contributed by atoms with Crippen LogP contribution < -0.4 is 17.0 Å². The minimum atomic E-state index is 0.166. The second-order valence-electron chi connectivity index (χ2n) is 2.78. The summed E-state index contributed by atoms with van der Waals surface area (Å²) < 4.78 is 0.804. The van der Waals surface area contributed by atoms with Crippen molar-refractivity contribution in [1.29, 1.82) is 0 Å². The molecule has 84 valence electrons. The highest BCUT2D eigenvalue weighted by atomic mass is 32.2. The van der Waals surface area contributed by atoms with E-state index in [0.717, 1.165) is 9.35 Å². The Morgan fingerprint density at radius 1 is 1.38 bits per heavy atom. The highest BCUT2D eigenvalue weighted by Gasteiger charge is 2.07. The van der Waals surface area contributed by atoms with E-state index in [1.54, 1.807) is 6.07 Å². The summed E-state index contributed by atoms with van der Waals surface area (Å²) in [5.41, 5.74) is 7.95. The highest BCUT2D eigenvalue weighted by molar-refractivity contribution is 8.01. The molecule has 5 N–H and O–H groups in total. The fourth-order valence-electron chi connectivity index (χ4n) is 0.978. The Kier molecular flexibility index (Phi) is 3.17. The summed E-state index contributed by atoms with van der Waals surface area (Å²) in [6, 6.07) is 1.69. The summed E-state index contributed by atoms with van der Waals surface area (Å²) in [4.78, 5) is 7.94. The van der Waals surface area contributed by atoms with Gasteiger partial charge in [-0.25, -0.2) is 10.8 Å². The predicted molar refractivity (Wildman–Crippen MR) is 63.0 cm³/mol. The molecule has 2 rings (SSSR count). The Bertz CT molecular complexity index is 497. The van der Waals surface area contributed by atoms with Crippen LogP contribution in [0.25, 0.3) is 0 Å². The molecule has 7 nitrogen and oxygen atoms in total. The van der Waals surface area contributed by atoms with Crippen molar-refractivity contribution in [2.75, 3.05) is 11.2 Å². The molecule has 2 aromatic rings. The van der Waals surface area contributed by atoms with Crippen LogP contribution in [0.15, 0.2) is 15.4 Å². The molecular formula is C7H9N7S2. The van der Waals surface area contributed by atoms with Crippen molar-refractivity contribution < 1.29 is 0 Å². The Hall–Kier alpha value is -1.45. The molecule has 0 saturated carbocycles. The van der Waals surface area contributed by atoms with Gasteiger partial charge in [0.2, 0.25) is 5.95 Å². The Morgan fingerprint density at radius 2 is 2.19 bits per heavy atom. The van der Waals surface area contributed by atoms with E-state index < -0.39 is 0 Å². The summed E-state index contributed by atoms with van der Waals surface area (Å²) in [6.07, 6.45) is 0. The summed E-state index contributed by atoms with van der Waals surface area (Å²) in [6.45, 7) is 1.89. The van der Waals surface area contributed by atoms with E-state index in [-0.39, 0.29) is 5.95 Å². The van der Waals surface area contributed by atoms with Gasteiger partial charge in [0.25, 0.3) is 0 Å². The molecule has 0 aliphatic carbocycles. The molecule has 2 aromatic heterocycles. The van der Waals surface area contributed by atoms with Crippen molar-refractivity contribution in [3.8, 4) is 0 Å². The van der Waals surface area contributed by atoms with Gasteiger partial charge in [0, 0.05) is 6.07 Å². The average Bonchev–Trinajstić information content (AvgIpc) is 2.63. The van der Waals surface area contributed by atoms with E-state index >= 15 is 0 Å². The fourth-order valence-corrected chi connectivity index (χ4v) is 2.75. The van der Waals surface area contributed by atoms with Crippen LogP contribution in [0.2, 0.25) is 0 Å². The number of nitrogen functional groups attached to an aromatic ring is 2. The molecule has 0 unspecified atom stereocenters.